The first-order valence-corrected chi connectivity index (χ1v) is 5.26. The van der Waals surface area contributed by atoms with Gasteiger partial charge in [0.25, 0.3) is 0 Å². The van der Waals surface area contributed by atoms with Gasteiger partial charge in [-0.05, 0) is 36.7 Å². The minimum Gasteiger partial charge on any atom is -0.372 e. The molecule has 3 nitrogen and oxygen atoms in total. The van der Waals surface area contributed by atoms with Crippen LogP contribution in [0.3, 0.4) is 0 Å². The maximum absolute atomic E-state index is 5.52. The maximum Gasteiger partial charge on any atom is 0.0899 e. The van der Waals surface area contributed by atoms with E-state index in [1.54, 1.807) is 0 Å². The van der Waals surface area contributed by atoms with Crippen LogP contribution in [0.15, 0.2) is 10.7 Å². The number of ether oxygens (including phenoxy) is 1. The fraction of sp³-hybridized carbons (Fsp3) is 0.667. The predicted molar refractivity (Wildman–Crippen MR) is 55.5 cm³/mol. The fourth-order valence-corrected chi connectivity index (χ4v) is 1.46. The van der Waals surface area contributed by atoms with Gasteiger partial charge < -0.3 is 4.74 Å². The van der Waals surface area contributed by atoms with Crippen LogP contribution in [-0.4, -0.2) is 15.9 Å². The standard InChI is InChI=1S/C9H15BrN2O/c1-4-12-9(6-13-7(2)3)8(10)5-11-12/h5,7H,4,6H2,1-3H3. The molecule has 0 bridgehead atoms. The summed E-state index contributed by atoms with van der Waals surface area (Å²) in [5.74, 6) is 0. The monoisotopic (exact) mass is 246 g/mol. The van der Waals surface area contributed by atoms with Crippen LogP contribution >= 0.6 is 15.9 Å². The Labute approximate surface area is 87.2 Å². The average Bonchev–Trinajstić information content (AvgIpc) is 2.43. The molecule has 1 rings (SSSR count). The zero-order valence-corrected chi connectivity index (χ0v) is 9.84. The van der Waals surface area contributed by atoms with Crippen molar-refractivity contribution in [3.8, 4) is 0 Å². The van der Waals surface area contributed by atoms with Gasteiger partial charge in [-0.3, -0.25) is 4.68 Å². The van der Waals surface area contributed by atoms with Crippen LogP contribution < -0.4 is 0 Å². The molecular weight excluding hydrogens is 232 g/mol. The largest absolute Gasteiger partial charge is 0.372 e. The van der Waals surface area contributed by atoms with E-state index in [9.17, 15) is 0 Å². The zero-order valence-electron chi connectivity index (χ0n) is 8.25. The fourth-order valence-electron chi connectivity index (χ4n) is 1.05. The van der Waals surface area contributed by atoms with Crippen molar-refractivity contribution >= 4 is 15.9 Å². The summed E-state index contributed by atoms with van der Waals surface area (Å²) in [6.45, 7) is 7.62. The summed E-state index contributed by atoms with van der Waals surface area (Å²) in [7, 11) is 0. The number of hydrogen-bond donors (Lipinski definition) is 0. The Kier molecular flexibility index (Phi) is 3.93. The van der Waals surface area contributed by atoms with Gasteiger partial charge in [0, 0.05) is 6.54 Å². The molecule has 13 heavy (non-hydrogen) atoms. The van der Waals surface area contributed by atoms with Crippen LogP contribution in [0.5, 0.6) is 0 Å². The second kappa shape index (κ2) is 4.77. The van der Waals surface area contributed by atoms with Crippen LogP contribution in [-0.2, 0) is 17.9 Å². The Hall–Kier alpha value is -0.350. The minimum absolute atomic E-state index is 0.257. The molecule has 0 N–H and O–H groups in total. The van der Waals surface area contributed by atoms with Crippen molar-refractivity contribution in [1.29, 1.82) is 0 Å². The molecule has 0 unspecified atom stereocenters. The SMILES string of the molecule is CCn1ncc(Br)c1COC(C)C. The lowest BCUT2D eigenvalue weighted by Gasteiger charge is -2.09. The molecule has 0 aliphatic heterocycles. The Morgan fingerprint density at radius 2 is 2.31 bits per heavy atom. The molecule has 0 aliphatic carbocycles. The molecule has 0 fully saturated rings. The van der Waals surface area contributed by atoms with Gasteiger partial charge in [0.05, 0.1) is 29.1 Å². The van der Waals surface area contributed by atoms with E-state index in [-0.39, 0.29) is 6.10 Å². The third-order valence-corrected chi connectivity index (χ3v) is 2.41. The van der Waals surface area contributed by atoms with E-state index in [4.69, 9.17) is 4.74 Å². The van der Waals surface area contributed by atoms with Crippen molar-refractivity contribution in [1.82, 2.24) is 9.78 Å². The Morgan fingerprint density at radius 3 is 2.85 bits per heavy atom. The van der Waals surface area contributed by atoms with Crippen molar-refractivity contribution in [2.75, 3.05) is 0 Å². The zero-order chi connectivity index (χ0) is 9.84. The summed E-state index contributed by atoms with van der Waals surface area (Å²) in [6, 6.07) is 0. The highest BCUT2D eigenvalue weighted by molar-refractivity contribution is 9.10. The van der Waals surface area contributed by atoms with E-state index in [0.29, 0.717) is 6.61 Å². The predicted octanol–water partition coefficient (Wildman–Crippen LogP) is 2.59. The highest BCUT2D eigenvalue weighted by Gasteiger charge is 2.07. The van der Waals surface area contributed by atoms with Crippen molar-refractivity contribution in [2.45, 2.75) is 40.0 Å². The first kappa shape index (κ1) is 10.7. The van der Waals surface area contributed by atoms with Crippen LogP contribution in [0.1, 0.15) is 26.5 Å². The summed E-state index contributed by atoms with van der Waals surface area (Å²) in [6.07, 6.45) is 2.06. The Bertz CT molecular complexity index is 271. The van der Waals surface area contributed by atoms with Crippen LogP contribution in [0.4, 0.5) is 0 Å². The highest BCUT2D eigenvalue weighted by atomic mass is 79.9. The van der Waals surface area contributed by atoms with Crippen LogP contribution in [0.25, 0.3) is 0 Å². The normalized spacial score (nSPS) is 11.2. The summed E-state index contributed by atoms with van der Waals surface area (Å²) in [5, 5.41) is 4.20. The number of hydrogen-bond acceptors (Lipinski definition) is 2. The smallest absolute Gasteiger partial charge is 0.0899 e. The molecule has 1 aromatic heterocycles. The summed E-state index contributed by atoms with van der Waals surface area (Å²) in [5.41, 5.74) is 1.11. The summed E-state index contributed by atoms with van der Waals surface area (Å²) in [4.78, 5) is 0. The average molecular weight is 247 g/mol. The molecule has 0 saturated carbocycles. The van der Waals surface area contributed by atoms with E-state index < -0.39 is 0 Å². The molecule has 0 radical (unpaired) electrons. The van der Waals surface area contributed by atoms with Gasteiger partial charge in [0.1, 0.15) is 0 Å². The number of halogens is 1. The lowest BCUT2D eigenvalue weighted by atomic mass is 10.4. The van der Waals surface area contributed by atoms with E-state index >= 15 is 0 Å². The third kappa shape index (κ3) is 2.81. The first-order chi connectivity index (χ1) is 6.15. The van der Waals surface area contributed by atoms with Gasteiger partial charge in [0.2, 0.25) is 0 Å². The van der Waals surface area contributed by atoms with Gasteiger partial charge in [-0.15, -0.1) is 0 Å². The molecule has 0 aliphatic rings. The maximum atomic E-state index is 5.52. The van der Waals surface area contributed by atoms with Crippen molar-refractivity contribution in [2.24, 2.45) is 0 Å². The number of nitrogens with zero attached hydrogens (tertiary/aromatic N) is 2. The Morgan fingerprint density at radius 1 is 1.62 bits per heavy atom. The van der Waals surface area contributed by atoms with E-state index in [1.807, 2.05) is 24.7 Å². The molecule has 0 saturated heterocycles. The molecule has 74 valence electrons. The van der Waals surface area contributed by atoms with E-state index in [1.165, 1.54) is 0 Å². The minimum atomic E-state index is 0.257. The first-order valence-electron chi connectivity index (χ1n) is 4.47. The number of rotatable bonds is 4. The van der Waals surface area contributed by atoms with Gasteiger partial charge in [-0.1, -0.05) is 0 Å². The topological polar surface area (TPSA) is 27.1 Å². The molecule has 1 aromatic rings. The van der Waals surface area contributed by atoms with Gasteiger partial charge in [-0.25, -0.2) is 0 Å². The quantitative estimate of drug-likeness (QED) is 0.817. The summed E-state index contributed by atoms with van der Waals surface area (Å²) >= 11 is 3.44. The molecule has 0 spiro atoms. The second-order valence-electron chi connectivity index (χ2n) is 3.11. The Balaban J connectivity index is 2.68. The molecule has 4 heteroatoms. The van der Waals surface area contributed by atoms with Crippen LogP contribution in [0, 0.1) is 0 Å². The van der Waals surface area contributed by atoms with Crippen molar-refractivity contribution in [3.63, 3.8) is 0 Å². The molecule has 0 amide bonds. The molecule has 0 aromatic carbocycles. The van der Waals surface area contributed by atoms with Gasteiger partial charge in [0.15, 0.2) is 0 Å². The van der Waals surface area contributed by atoms with E-state index in [0.717, 1.165) is 16.7 Å². The molecular formula is C9H15BrN2O. The van der Waals surface area contributed by atoms with Crippen molar-refractivity contribution in [3.05, 3.63) is 16.4 Å². The molecule has 0 atom stereocenters. The van der Waals surface area contributed by atoms with Gasteiger partial charge >= 0.3 is 0 Å². The van der Waals surface area contributed by atoms with Crippen molar-refractivity contribution < 1.29 is 4.74 Å². The third-order valence-electron chi connectivity index (χ3n) is 1.75. The van der Waals surface area contributed by atoms with Gasteiger partial charge in [-0.2, -0.15) is 5.10 Å². The lowest BCUT2D eigenvalue weighted by molar-refractivity contribution is 0.0608. The number of aryl methyl sites for hydroxylation is 1. The van der Waals surface area contributed by atoms with Crippen LogP contribution in [0.2, 0.25) is 0 Å². The highest BCUT2D eigenvalue weighted by Crippen LogP contribution is 2.17. The molecule has 1 heterocycles. The summed E-state index contributed by atoms with van der Waals surface area (Å²) < 4.78 is 8.48. The second-order valence-corrected chi connectivity index (χ2v) is 3.97. The van der Waals surface area contributed by atoms with E-state index in [2.05, 4.69) is 28.0 Å². The lowest BCUT2D eigenvalue weighted by Crippen LogP contribution is -2.08. The number of aromatic nitrogens is 2.